The minimum Gasteiger partial charge on any atom is -0.192 e. The average molecular weight is 427 g/mol. The molecule has 2 nitrogen and oxygen atoms in total. The van der Waals surface area contributed by atoms with Gasteiger partial charge in [-0.05, 0) is 67.1 Å². The quantitative estimate of drug-likeness (QED) is 0.357. The SMILES string of the molecule is CCCCCc1ccc(-c2ccc([C@H]3CC[C@H](CCCCC)CC3)c(C#N)c2C#N)cc1. The van der Waals surface area contributed by atoms with Crippen LogP contribution in [-0.2, 0) is 6.42 Å². The zero-order valence-electron chi connectivity index (χ0n) is 20.0. The highest BCUT2D eigenvalue weighted by atomic mass is 14.3. The van der Waals surface area contributed by atoms with Crippen molar-refractivity contribution in [2.45, 2.75) is 96.8 Å². The Bertz CT molecular complexity index is 935. The van der Waals surface area contributed by atoms with Gasteiger partial charge in [0, 0.05) is 5.56 Å². The summed E-state index contributed by atoms with van der Waals surface area (Å²) >= 11 is 0. The minimum atomic E-state index is 0.411. The van der Waals surface area contributed by atoms with Gasteiger partial charge in [0.05, 0.1) is 11.1 Å². The largest absolute Gasteiger partial charge is 0.192 e. The van der Waals surface area contributed by atoms with E-state index in [9.17, 15) is 10.5 Å². The summed E-state index contributed by atoms with van der Waals surface area (Å²) in [7, 11) is 0. The summed E-state index contributed by atoms with van der Waals surface area (Å²) in [5.74, 6) is 1.25. The van der Waals surface area contributed by atoms with Crippen molar-refractivity contribution in [1.29, 1.82) is 10.5 Å². The highest BCUT2D eigenvalue weighted by Gasteiger charge is 2.26. The van der Waals surface area contributed by atoms with E-state index < -0.39 is 0 Å². The zero-order chi connectivity index (χ0) is 22.8. The summed E-state index contributed by atoms with van der Waals surface area (Å²) in [5, 5.41) is 20.0. The molecule has 0 aromatic heterocycles. The van der Waals surface area contributed by atoms with E-state index >= 15 is 0 Å². The number of hydrogen-bond donors (Lipinski definition) is 0. The summed E-state index contributed by atoms with van der Waals surface area (Å²) in [6.07, 6.45) is 14.9. The maximum atomic E-state index is 9.99. The van der Waals surface area contributed by atoms with Crippen molar-refractivity contribution in [1.82, 2.24) is 0 Å². The molecule has 0 bridgehead atoms. The van der Waals surface area contributed by atoms with Crippen LogP contribution >= 0.6 is 0 Å². The standard InChI is InChI=1S/C30H38N2/c1-3-5-7-9-23-11-15-25(16-12-23)27-19-20-28(30(22-32)29(27)21-31)26-17-13-24(14-18-26)10-8-6-4-2/h11-12,15-16,19-20,24,26H,3-10,13-14,17-18H2,1-2H3/t24-,26-. The van der Waals surface area contributed by atoms with Gasteiger partial charge in [-0.2, -0.15) is 10.5 Å². The zero-order valence-corrected chi connectivity index (χ0v) is 20.0. The van der Waals surface area contributed by atoms with E-state index in [-0.39, 0.29) is 0 Å². The van der Waals surface area contributed by atoms with Crippen LogP contribution in [0.2, 0.25) is 0 Å². The summed E-state index contributed by atoms with van der Waals surface area (Å²) in [6.45, 7) is 4.49. The Kier molecular flexibility index (Phi) is 9.37. The van der Waals surface area contributed by atoms with E-state index in [1.54, 1.807) is 0 Å². The monoisotopic (exact) mass is 426 g/mol. The van der Waals surface area contributed by atoms with Crippen molar-refractivity contribution < 1.29 is 0 Å². The number of rotatable bonds is 10. The molecule has 32 heavy (non-hydrogen) atoms. The van der Waals surface area contributed by atoms with Crippen LogP contribution in [0.25, 0.3) is 11.1 Å². The van der Waals surface area contributed by atoms with Crippen molar-refractivity contribution in [3.05, 3.63) is 58.7 Å². The van der Waals surface area contributed by atoms with Crippen molar-refractivity contribution in [2.24, 2.45) is 5.92 Å². The van der Waals surface area contributed by atoms with E-state index in [0.717, 1.165) is 41.9 Å². The fraction of sp³-hybridized carbons (Fsp3) is 0.533. The molecule has 0 saturated heterocycles. The van der Waals surface area contributed by atoms with Crippen LogP contribution in [0.1, 0.15) is 113 Å². The Balaban J connectivity index is 1.76. The molecule has 3 rings (SSSR count). The van der Waals surface area contributed by atoms with Crippen molar-refractivity contribution in [3.8, 4) is 23.3 Å². The molecule has 1 aliphatic rings. The van der Waals surface area contributed by atoms with Crippen LogP contribution in [0.15, 0.2) is 36.4 Å². The maximum absolute atomic E-state index is 9.99. The second-order valence-electron chi connectivity index (χ2n) is 9.54. The van der Waals surface area contributed by atoms with Crippen LogP contribution in [-0.4, -0.2) is 0 Å². The molecule has 0 heterocycles. The number of nitrogens with zero attached hydrogens (tertiary/aromatic N) is 2. The lowest BCUT2D eigenvalue weighted by Gasteiger charge is -2.29. The van der Waals surface area contributed by atoms with Gasteiger partial charge in [-0.3, -0.25) is 0 Å². The number of hydrogen-bond acceptors (Lipinski definition) is 2. The summed E-state index contributed by atoms with van der Waals surface area (Å²) in [4.78, 5) is 0. The van der Waals surface area contributed by atoms with E-state index in [4.69, 9.17) is 0 Å². The molecule has 2 aromatic carbocycles. The first-order valence-electron chi connectivity index (χ1n) is 12.8. The molecular weight excluding hydrogens is 388 g/mol. The van der Waals surface area contributed by atoms with Crippen molar-refractivity contribution in [3.63, 3.8) is 0 Å². The van der Waals surface area contributed by atoms with Crippen LogP contribution < -0.4 is 0 Å². The normalized spacial score (nSPS) is 18.1. The molecule has 0 radical (unpaired) electrons. The number of benzene rings is 2. The molecule has 0 N–H and O–H groups in total. The van der Waals surface area contributed by atoms with Gasteiger partial charge in [-0.15, -0.1) is 0 Å². The third-order valence-corrected chi connectivity index (χ3v) is 7.30. The predicted octanol–water partition coefficient (Wildman–Crippen LogP) is 8.68. The Hall–Kier alpha value is -2.58. The molecule has 0 spiro atoms. The molecule has 2 heteroatoms. The summed E-state index contributed by atoms with van der Waals surface area (Å²) < 4.78 is 0. The van der Waals surface area contributed by atoms with Crippen molar-refractivity contribution >= 4 is 0 Å². The summed E-state index contributed by atoms with van der Waals surface area (Å²) in [5.41, 5.74) is 5.51. The Morgan fingerprint density at radius 3 is 2.03 bits per heavy atom. The third kappa shape index (κ3) is 6.01. The lowest BCUT2D eigenvalue weighted by Crippen LogP contribution is -2.15. The number of unbranched alkanes of at least 4 members (excludes halogenated alkanes) is 4. The Morgan fingerprint density at radius 2 is 1.41 bits per heavy atom. The fourth-order valence-electron chi connectivity index (χ4n) is 5.31. The topological polar surface area (TPSA) is 47.6 Å². The molecule has 0 atom stereocenters. The van der Waals surface area contributed by atoms with E-state index in [2.05, 4.69) is 62.4 Å². The van der Waals surface area contributed by atoms with E-state index in [0.29, 0.717) is 17.0 Å². The maximum Gasteiger partial charge on any atom is 0.101 e. The molecule has 0 unspecified atom stereocenters. The smallest absolute Gasteiger partial charge is 0.101 e. The second-order valence-corrected chi connectivity index (χ2v) is 9.54. The first kappa shape index (κ1) is 24.1. The summed E-state index contributed by atoms with van der Waals surface area (Å²) in [6, 6.07) is 17.5. The van der Waals surface area contributed by atoms with Gasteiger partial charge < -0.3 is 0 Å². The van der Waals surface area contributed by atoms with Gasteiger partial charge in [0.25, 0.3) is 0 Å². The van der Waals surface area contributed by atoms with Crippen LogP contribution in [0.3, 0.4) is 0 Å². The van der Waals surface area contributed by atoms with Gasteiger partial charge in [0.2, 0.25) is 0 Å². The number of aryl methyl sites for hydroxylation is 1. The first-order chi connectivity index (χ1) is 15.7. The third-order valence-electron chi connectivity index (χ3n) is 7.30. The average Bonchev–Trinajstić information content (AvgIpc) is 2.84. The van der Waals surface area contributed by atoms with Crippen LogP contribution in [0.5, 0.6) is 0 Å². The number of nitriles is 2. The molecule has 1 fully saturated rings. The molecule has 0 amide bonds. The highest BCUT2D eigenvalue weighted by molar-refractivity contribution is 5.75. The van der Waals surface area contributed by atoms with E-state index in [1.165, 1.54) is 63.4 Å². The fourth-order valence-corrected chi connectivity index (χ4v) is 5.31. The van der Waals surface area contributed by atoms with Gasteiger partial charge in [0.15, 0.2) is 0 Å². The Labute approximate surface area is 195 Å². The van der Waals surface area contributed by atoms with Crippen LogP contribution in [0, 0.1) is 28.6 Å². The van der Waals surface area contributed by atoms with Gasteiger partial charge >= 0.3 is 0 Å². The molecule has 168 valence electrons. The van der Waals surface area contributed by atoms with Gasteiger partial charge in [-0.25, -0.2) is 0 Å². The molecule has 2 aromatic rings. The van der Waals surface area contributed by atoms with Crippen molar-refractivity contribution in [2.75, 3.05) is 0 Å². The first-order valence-corrected chi connectivity index (χ1v) is 12.8. The lowest BCUT2D eigenvalue weighted by molar-refractivity contribution is 0.302. The van der Waals surface area contributed by atoms with Gasteiger partial charge in [-0.1, -0.05) is 88.8 Å². The Morgan fingerprint density at radius 1 is 0.750 bits per heavy atom. The predicted molar refractivity (Wildman–Crippen MR) is 133 cm³/mol. The second kappa shape index (κ2) is 12.5. The highest BCUT2D eigenvalue weighted by Crippen LogP contribution is 2.41. The molecule has 0 aliphatic heterocycles. The van der Waals surface area contributed by atoms with E-state index in [1.807, 2.05) is 0 Å². The minimum absolute atomic E-state index is 0.411. The molecular formula is C30H38N2. The molecule has 1 aliphatic carbocycles. The van der Waals surface area contributed by atoms with Crippen LogP contribution in [0.4, 0.5) is 0 Å². The van der Waals surface area contributed by atoms with Gasteiger partial charge in [0.1, 0.15) is 12.1 Å². The molecule has 1 saturated carbocycles. The lowest BCUT2D eigenvalue weighted by atomic mass is 9.75.